The van der Waals surface area contributed by atoms with Crippen molar-refractivity contribution < 1.29 is 36.5 Å². The molecule has 2 heterocycles. The zero-order chi connectivity index (χ0) is 37.0. The molecule has 0 radical (unpaired) electrons. The Morgan fingerprint density at radius 1 is 0.833 bits per heavy atom. The summed E-state index contributed by atoms with van der Waals surface area (Å²) in [6, 6.07) is 22.6. The average Bonchev–Trinajstić information content (AvgIpc) is 3.90. The zero-order valence-electron chi connectivity index (χ0n) is 30.1. The maximum absolute atomic E-state index is 14.5. The number of alkyl halides is 3. The van der Waals surface area contributed by atoms with Crippen LogP contribution in [-0.4, -0.2) is 40.5 Å². The van der Waals surface area contributed by atoms with Crippen molar-refractivity contribution in [3.63, 3.8) is 0 Å². The van der Waals surface area contributed by atoms with Gasteiger partial charge in [0.2, 0.25) is 0 Å². The van der Waals surface area contributed by atoms with Gasteiger partial charge in [-0.2, -0.15) is 13.2 Å². The highest BCUT2D eigenvalue weighted by atomic mass is 19.4. The highest BCUT2D eigenvalue weighted by Gasteiger charge is 2.59. The third-order valence-corrected chi connectivity index (χ3v) is 12.9. The van der Waals surface area contributed by atoms with Gasteiger partial charge in [-0.25, -0.2) is 4.39 Å². The van der Waals surface area contributed by atoms with E-state index in [1.807, 2.05) is 36.4 Å². The van der Waals surface area contributed by atoms with E-state index in [2.05, 4.69) is 17.0 Å². The Bertz CT molecular complexity index is 2350. The molecule has 9 heteroatoms. The smallest absolute Gasteiger partial charge is 0.416 e. The molecule has 3 aliphatic carbocycles. The van der Waals surface area contributed by atoms with Crippen molar-refractivity contribution in [1.82, 2.24) is 0 Å². The standard InChI is InChI=1S/C45H39F4NO4/c1-51-32-12-7-28(8-13-32)44(27-5-10-31(46)11-6-27)16-15-34-41-40(35-23-38(50-17-19-53-20-18-50)39(52-2)24-36(35)42(34)54-44)33-14-9-30(45(47,48)49)22-37(33)43(41)25-26-3-4-29(43)21-26/h5-16,22-24,26,29H,3-4,17-21,25H2,1-2H3. The van der Waals surface area contributed by atoms with E-state index >= 15 is 0 Å². The number of methoxy groups -OCH3 is 2. The molecule has 276 valence electrons. The van der Waals surface area contributed by atoms with Gasteiger partial charge in [-0.15, -0.1) is 0 Å². The lowest BCUT2D eigenvalue weighted by Crippen LogP contribution is -2.37. The number of rotatable bonds is 5. The van der Waals surface area contributed by atoms with Crippen LogP contribution in [0, 0.1) is 17.7 Å². The predicted octanol–water partition coefficient (Wildman–Crippen LogP) is 10.3. The summed E-state index contributed by atoms with van der Waals surface area (Å²) in [7, 11) is 3.27. The SMILES string of the molecule is COc1ccc(C2(c3ccc(F)cc3)C=Cc3c4c(c5cc(N6CCOCC6)c(OC)cc5c3O2)-c2ccc(C(F)(F)F)cc2C42CC3CCC2C3)cc1. The molecule has 5 aromatic carbocycles. The Kier molecular flexibility index (Phi) is 7.45. The summed E-state index contributed by atoms with van der Waals surface area (Å²) in [5.41, 5.74) is 4.61. The first kappa shape index (κ1) is 33.5. The number of fused-ring (bicyclic) bond motifs is 13. The second-order valence-corrected chi connectivity index (χ2v) is 15.4. The number of hydrogen-bond acceptors (Lipinski definition) is 5. The molecule has 4 atom stereocenters. The highest BCUT2D eigenvalue weighted by molar-refractivity contribution is 6.10. The minimum absolute atomic E-state index is 0.197. The van der Waals surface area contributed by atoms with Gasteiger partial charge in [0.1, 0.15) is 23.1 Å². The molecule has 2 bridgehead atoms. The first-order chi connectivity index (χ1) is 26.1. The molecule has 0 aromatic heterocycles. The molecule has 3 fully saturated rings. The van der Waals surface area contributed by atoms with Gasteiger partial charge >= 0.3 is 6.18 Å². The number of nitrogens with zero attached hydrogens (tertiary/aromatic N) is 1. The van der Waals surface area contributed by atoms with Crippen LogP contribution in [0.2, 0.25) is 0 Å². The van der Waals surface area contributed by atoms with Crippen molar-refractivity contribution in [3.8, 4) is 28.4 Å². The minimum atomic E-state index is -4.48. The van der Waals surface area contributed by atoms with Gasteiger partial charge in [0, 0.05) is 40.6 Å². The summed E-state index contributed by atoms with van der Waals surface area (Å²) in [6.07, 6.45) is 3.49. The van der Waals surface area contributed by atoms with Crippen LogP contribution in [0.25, 0.3) is 28.0 Å². The Morgan fingerprint density at radius 3 is 2.22 bits per heavy atom. The Labute approximate surface area is 311 Å². The van der Waals surface area contributed by atoms with Gasteiger partial charge in [-0.05, 0) is 113 Å². The fourth-order valence-corrected chi connectivity index (χ4v) is 10.5. The highest BCUT2D eigenvalue weighted by Crippen LogP contribution is 2.69. The third-order valence-electron chi connectivity index (χ3n) is 12.9. The normalized spacial score (nSPS) is 25.1. The van der Waals surface area contributed by atoms with Gasteiger partial charge in [-0.3, -0.25) is 0 Å². The monoisotopic (exact) mass is 733 g/mol. The molecular weight excluding hydrogens is 694 g/mol. The van der Waals surface area contributed by atoms with E-state index in [1.165, 1.54) is 24.3 Å². The number of ether oxygens (including phenoxy) is 4. The maximum Gasteiger partial charge on any atom is 0.416 e. The second-order valence-electron chi connectivity index (χ2n) is 15.4. The lowest BCUT2D eigenvalue weighted by atomic mass is 9.65. The summed E-state index contributed by atoms with van der Waals surface area (Å²) in [5, 5.41) is 1.71. The van der Waals surface area contributed by atoms with Gasteiger partial charge in [0.15, 0.2) is 5.60 Å². The lowest BCUT2D eigenvalue weighted by Gasteiger charge is -2.41. The molecule has 4 unspecified atom stereocenters. The van der Waals surface area contributed by atoms with Crippen molar-refractivity contribution in [2.24, 2.45) is 11.8 Å². The van der Waals surface area contributed by atoms with Crippen molar-refractivity contribution >= 4 is 22.5 Å². The largest absolute Gasteiger partial charge is 0.497 e. The number of halogens is 4. The molecule has 10 rings (SSSR count). The van der Waals surface area contributed by atoms with E-state index in [-0.39, 0.29) is 11.7 Å². The van der Waals surface area contributed by atoms with Crippen LogP contribution >= 0.6 is 0 Å². The van der Waals surface area contributed by atoms with Gasteiger partial charge < -0.3 is 23.8 Å². The number of anilines is 1. The Morgan fingerprint density at radius 2 is 1.57 bits per heavy atom. The molecule has 5 aromatic rings. The first-order valence-electron chi connectivity index (χ1n) is 18.7. The van der Waals surface area contributed by atoms with Crippen LogP contribution < -0.4 is 19.1 Å². The number of benzene rings is 5. The van der Waals surface area contributed by atoms with Crippen LogP contribution in [0.4, 0.5) is 23.2 Å². The molecule has 54 heavy (non-hydrogen) atoms. The van der Waals surface area contributed by atoms with E-state index in [0.29, 0.717) is 49.5 Å². The number of morpholine rings is 1. The van der Waals surface area contributed by atoms with E-state index in [4.69, 9.17) is 18.9 Å². The van der Waals surface area contributed by atoms with Crippen LogP contribution in [0.5, 0.6) is 17.2 Å². The summed E-state index contributed by atoms with van der Waals surface area (Å²) < 4.78 is 82.7. The molecule has 5 nitrogen and oxygen atoms in total. The minimum Gasteiger partial charge on any atom is -0.497 e. The quantitative estimate of drug-likeness (QED) is 0.168. The van der Waals surface area contributed by atoms with Crippen molar-refractivity contribution in [2.45, 2.75) is 42.9 Å². The summed E-state index contributed by atoms with van der Waals surface area (Å²) in [4.78, 5) is 2.25. The fourth-order valence-electron chi connectivity index (χ4n) is 10.5. The van der Waals surface area contributed by atoms with Gasteiger partial charge in [-0.1, -0.05) is 42.8 Å². The van der Waals surface area contributed by atoms with Crippen LogP contribution in [0.3, 0.4) is 0 Å². The van der Waals surface area contributed by atoms with Crippen LogP contribution in [0.1, 0.15) is 59.1 Å². The van der Waals surface area contributed by atoms with Gasteiger partial charge in [0.05, 0.1) is 38.7 Å². The van der Waals surface area contributed by atoms with Crippen LogP contribution in [-0.2, 0) is 21.9 Å². The number of hydrogen-bond donors (Lipinski definition) is 0. The molecular formula is C45H39F4NO4. The fraction of sp³-hybridized carbons (Fsp3) is 0.333. The average molecular weight is 734 g/mol. The molecule has 5 aliphatic rings. The molecule has 2 saturated carbocycles. The lowest BCUT2D eigenvalue weighted by molar-refractivity contribution is -0.137. The van der Waals surface area contributed by atoms with E-state index < -0.39 is 22.8 Å². The predicted molar refractivity (Wildman–Crippen MR) is 200 cm³/mol. The summed E-state index contributed by atoms with van der Waals surface area (Å²) in [6.45, 7) is 2.51. The molecule has 0 N–H and O–H groups in total. The molecule has 1 saturated heterocycles. The van der Waals surface area contributed by atoms with Crippen LogP contribution in [0.15, 0.2) is 84.9 Å². The van der Waals surface area contributed by atoms with E-state index in [0.717, 1.165) is 81.1 Å². The maximum atomic E-state index is 14.5. The van der Waals surface area contributed by atoms with Gasteiger partial charge in [0.25, 0.3) is 0 Å². The Balaban J connectivity index is 1.31. The Hall–Kier alpha value is -5.02. The first-order valence-corrected chi connectivity index (χ1v) is 18.7. The van der Waals surface area contributed by atoms with E-state index in [9.17, 15) is 17.6 Å². The molecule has 1 spiro atoms. The third kappa shape index (κ3) is 4.73. The topological polar surface area (TPSA) is 40.2 Å². The van der Waals surface area contributed by atoms with Crippen molar-refractivity contribution in [3.05, 3.63) is 124 Å². The molecule has 2 aliphatic heterocycles. The van der Waals surface area contributed by atoms with E-state index in [1.54, 1.807) is 32.4 Å². The summed E-state index contributed by atoms with van der Waals surface area (Å²) >= 11 is 0. The summed E-state index contributed by atoms with van der Waals surface area (Å²) in [5.74, 6) is 2.25. The van der Waals surface area contributed by atoms with Crippen molar-refractivity contribution in [2.75, 3.05) is 45.4 Å². The molecule has 0 amide bonds. The zero-order valence-corrected chi connectivity index (χ0v) is 30.1. The second kappa shape index (κ2) is 12.0. The van der Waals surface area contributed by atoms with Crippen molar-refractivity contribution in [1.29, 1.82) is 0 Å².